The van der Waals surface area contributed by atoms with Gasteiger partial charge in [-0.2, -0.15) is 0 Å². The smallest absolute Gasteiger partial charge is 0.407 e. The lowest BCUT2D eigenvalue weighted by Crippen LogP contribution is -2.48. The molecule has 1 fully saturated rings. The van der Waals surface area contributed by atoms with Gasteiger partial charge in [-0.15, -0.1) is 0 Å². The van der Waals surface area contributed by atoms with Crippen LogP contribution in [0.2, 0.25) is 0 Å². The average molecular weight is 725 g/mol. The number of aromatic amines is 1. The lowest BCUT2D eigenvalue weighted by molar-refractivity contribution is -0.130. The molecule has 1 saturated carbocycles. The number of hydrogen-bond donors (Lipinski definition) is 5. The molecule has 0 bridgehead atoms. The number of alkyl carbamates (subject to hydrolysis) is 1. The number of aryl methyl sites for hydroxylation is 2. The van der Waals surface area contributed by atoms with Crippen LogP contribution in [0.25, 0.3) is 22.2 Å². The number of nitrogens with one attached hydrogen (secondary N) is 5. The Morgan fingerprint density at radius 2 is 1.62 bits per heavy atom. The third-order valence-electron chi connectivity index (χ3n) is 9.57. The number of imidazole rings is 1. The van der Waals surface area contributed by atoms with Crippen molar-refractivity contribution in [3.8, 4) is 11.1 Å². The summed E-state index contributed by atoms with van der Waals surface area (Å²) in [7, 11) is 1.67. The summed E-state index contributed by atoms with van der Waals surface area (Å²) in [4.78, 5) is 67.1. The van der Waals surface area contributed by atoms with Crippen LogP contribution in [-0.2, 0) is 27.8 Å². The maximum absolute atomic E-state index is 13.8. The Morgan fingerprint density at radius 1 is 0.925 bits per heavy atom. The zero-order valence-corrected chi connectivity index (χ0v) is 31.7. The third-order valence-corrected chi connectivity index (χ3v) is 9.57. The SMILES string of the molecule is Cc1cc(C(=O)NC(C)C)ccc1-c1ccc(CC(NC(=O)C2CCC(CNC(=O)OC(C)(C)C)CC2)C(=O)Nc2ccc3c(c2)[nH]c(=O)n3C)cc1. The van der Waals surface area contributed by atoms with Crippen molar-refractivity contribution in [2.45, 2.75) is 91.3 Å². The van der Waals surface area contributed by atoms with Gasteiger partial charge < -0.3 is 31.0 Å². The van der Waals surface area contributed by atoms with Crippen molar-refractivity contribution in [1.29, 1.82) is 0 Å². The first-order valence-electron chi connectivity index (χ1n) is 18.3. The molecular weight excluding hydrogens is 672 g/mol. The summed E-state index contributed by atoms with van der Waals surface area (Å²) < 4.78 is 6.84. The normalized spacial score (nSPS) is 16.5. The van der Waals surface area contributed by atoms with E-state index in [2.05, 4.69) is 26.3 Å². The standard InChI is InChI=1S/C41H52N6O6/c1-24(2)43-37(49)30-16-18-32(25(3)20-30)28-12-8-26(9-13-28)21-34(38(50)44-31-17-19-35-33(22-31)46-39(51)47(35)7)45-36(48)29-14-10-27(11-15-29)23-42-40(52)53-41(4,5)6/h8-9,12-13,16-20,22,24,27,29,34H,10-11,14-15,21,23H2,1-7H3,(H,42,52)(H,43,49)(H,44,50)(H,45,48)(H,46,51). The minimum atomic E-state index is -0.870. The zero-order chi connectivity index (χ0) is 38.4. The lowest BCUT2D eigenvalue weighted by atomic mass is 9.81. The number of fused-ring (bicyclic) bond motifs is 1. The van der Waals surface area contributed by atoms with Crippen molar-refractivity contribution in [2.75, 3.05) is 11.9 Å². The van der Waals surface area contributed by atoms with Crippen LogP contribution in [0.3, 0.4) is 0 Å². The Hall–Kier alpha value is -5.39. The van der Waals surface area contributed by atoms with E-state index in [1.54, 1.807) is 25.2 Å². The molecule has 1 aromatic heterocycles. The van der Waals surface area contributed by atoms with Gasteiger partial charge in [0.2, 0.25) is 11.8 Å². The zero-order valence-electron chi connectivity index (χ0n) is 31.7. The van der Waals surface area contributed by atoms with Gasteiger partial charge >= 0.3 is 11.8 Å². The molecule has 4 amide bonds. The predicted molar refractivity (Wildman–Crippen MR) is 207 cm³/mol. The fourth-order valence-electron chi connectivity index (χ4n) is 6.74. The second kappa shape index (κ2) is 16.5. The number of anilines is 1. The Morgan fingerprint density at radius 3 is 2.26 bits per heavy atom. The van der Waals surface area contributed by atoms with E-state index in [1.807, 2.05) is 84.0 Å². The highest BCUT2D eigenvalue weighted by molar-refractivity contribution is 5.99. The fraction of sp³-hybridized carbons (Fsp3) is 0.439. The van der Waals surface area contributed by atoms with Crippen molar-refractivity contribution in [3.63, 3.8) is 0 Å². The lowest BCUT2D eigenvalue weighted by Gasteiger charge is -2.29. The van der Waals surface area contributed by atoms with Gasteiger partial charge in [-0.1, -0.05) is 30.3 Å². The molecule has 0 spiro atoms. The van der Waals surface area contributed by atoms with Crippen LogP contribution in [-0.4, -0.2) is 57.6 Å². The topological polar surface area (TPSA) is 163 Å². The molecule has 53 heavy (non-hydrogen) atoms. The van der Waals surface area contributed by atoms with E-state index in [0.29, 0.717) is 41.7 Å². The van der Waals surface area contributed by atoms with E-state index in [4.69, 9.17) is 4.74 Å². The van der Waals surface area contributed by atoms with Crippen LogP contribution in [0, 0.1) is 18.8 Å². The molecule has 0 radical (unpaired) electrons. The first kappa shape index (κ1) is 38.8. The number of amides is 4. The van der Waals surface area contributed by atoms with Crippen LogP contribution < -0.4 is 27.0 Å². The van der Waals surface area contributed by atoms with Crippen molar-refractivity contribution in [2.24, 2.45) is 18.9 Å². The fourth-order valence-corrected chi connectivity index (χ4v) is 6.74. The number of H-pyrrole nitrogens is 1. The number of carbonyl (C=O) groups excluding carboxylic acids is 4. The molecule has 3 aromatic carbocycles. The maximum atomic E-state index is 13.8. The van der Waals surface area contributed by atoms with E-state index in [-0.39, 0.29) is 47.7 Å². The number of ether oxygens (including phenoxy) is 1. The molecule has 1 unspecified atom stereocenters. The molecule has 5 N–H and O–H groups in total. The first-order valence-corrected chi connectivity index (χ1v) is 18.3. The van der Waals surface area contributed by atoms with E-state index < -0.39 is 17.7 Å². The largest absolute Gasteiger partial charge is 0.444 e. The summed E-state index contributed by atoms with van der Waals surface area (Å²) in [6, 6.07) is 17.9. The van der Waals surface area contributed by atoms with Gasteiger partial charge in [-0.25, -0.2) is 9.59 Å². The highest BCUT2D eigenvalue weighted by Gasteiger charge is 2.30. The van der Waals surface area contributed by atoms with Crippen molar-refractivity contribution < 1.29 is 23.9 Å². The number of hydrogen-bond acceptors (Lipinski definition) is 6. The molecule has 12 heteroatoms. The van der Waals surface area contributed by atoms with E-state index in [1.165, 1.54) is 4.57 Å². The maximum Gasteiger partial charge on any atom is 0.407 e. The molecule has 5 rings (SSSR count). The second-order valence-electron chi connectivity index (χ2n) is 15.4. The van der Waals surface area contributed by atoms with Gasteiger partial charge in [0, 0.05) is 43.2 Å². The van der Waals surface area contributed by atoms with Crippen LogP contribution in [0.5, 0.6) is 0 Å². The summed E-state index contributed by atoms with van der Waals surface area (Å²) in [6.07, 6.45) is 2.63. The van der Waals surface area contributed by atoms with Crippen molar-refractivity contribution >= 4 is 40.5 Å². The van der Waals surface area contributed by atoms with Gasteiger partial charge in [-0.05, 0) is 126 Å². The van der Waals surface area contributed by atoms with Crippen molar-refractivity contribution in [3.05, 3.63) is 87.8 Å². The van der Waals surface area contributed by atoms with Crippen LogP contribution >= 0.6 is 0 Å². The number of aromatic nitrogens is 2. The Labute approximate surface area is 310 Å². The van der Waals surface area contributed by atoms with Crippen LogP contribution in [0.15, 0.2) is 65.5 Å². The monoisotopic (exact) mass is 724 g/mol. The second-order valence-corrected chi connectivity index (χ2v) is 15.4. The molecule has 0 aliphatic heterocycles. The summed E-state index contributed by atoms with van der Waals surface area (Å²) >= 11 is 0. The average Bonchev–Trinajstić information content (AvgIpc) is 3.38. The Bertz CT molecular complexity index is 2020. The Kier molecular flexibility index (Phi) is 12.1. The van der Waals surface area contributed by atoms with Gasteiger partial charge in [-0.3, -0.25) is 19.0 Å². The van der Waals surface area contributed by atoms with Gasteiger partial charge in [0.05, 0.1) is 11.0 Å². The van der Waals surface area contributed by atoms with E-state index in [0.717, 1.165) is 35.1 Å². The van der Waals surface area contributed by atoms with Crippen LogP contribution in [0.1, 0.15) is 81.8 Å². The van der Waals surface area contributed by atoms with Gasteiger partial charge in [0.25, 0.3) is 5.91 Å². The summed E-state index contributed by atoms with van der Waals surface area (Å²) in [6.45, 7) is 11.8. The number of rotatable bonds is 11. The molecule has 1 atom stereocenters. The minimum absolute atomic E-state index is 0.0404. The Balaban J connectivity index is 1.28. The van der Waals surface area contributed by atoms with Crippen molar-refractivity contribution in [1.82, 2.24) is 25.5 Å². The summed E-state index contributed by atoms with van der Waals surface area (Å²) in [5, 5.41) is 11.8. The first-order chi connectivity index (χ1) is 25.1. The molecule has 282 valence electrons. The van der Waals surface area contributed by atoms with E-state index >= 15 is 0 Å². The molecule has 0 saturated heterocycles. The molecule has 1 aliphatic carbocycles. The predicted octanol–water partition coefficient (Wildman–Crippen LogP) is 5.98. The summed E-state index contributed by atoms with van der Waals surface area (Å²) in [5.41, 5.74) is 5.35. The molecule has 4 aromatic rings. The molecule has 1 heterocycles. The number of carbonyl (C=O) groups is 4. The van der Waals surface area contributed by atoms with Crippen LogP contribution in [0.4, 0.5) is 10.5 Å². The summed E-state index contributed by atoms with van der Waals surface area (Å²) in [5.74, 6) is -0.691. The molecule has 12 nitrogen and oxygen atoms in total. The van der Waals surface area contributed by atoms with E-state index in [9.17, 15) is 24.0 Å². The molecular formula is C41H52N6O6. The highest BCUT2D eigenvalue weighted by Crippen LogP contribution is 2.29. The number of benzene rings is 3. The number of nitrogens with zero attached hydrogens (tertiary/aromatic N) is 1. The van der Waals surface area contributed by atoms with Gasteiger partial charge in [0.15, 0.2) is 0 Å². The molecule has 1 aliphatic rings. The minimum Gasteiger partial charge on any atom is -0.444 e. The quantitative estimate of drug-likeness (QED) is 0.128. The third kappa shape index (κ3) is 10.4. The highest BCUT2D eigenvalue weighted by atomic mass is 16.6. The van der Waals surface area contributed by atoms with Gasteiger partial charge in [0.1, 0.15) is 11.6 Å².